The molecule has 0 aliphatic rings. The van der Waals surface area contributed by atoms with Crippen LogP contribution in [-0.4, -0.2) is 33.8 Å². The van der Waals surface area contributed by atoms with Crippen LogP contribution in [0.15, 0.2) is 18.2 Å². The molecule has 0 spiro atoms. The van der Waals surface area contributed by atoms with Gasteiger partial charge in [0.15, 0.2) is 0 Å². The van der Waals surface area contributed by atoms with E-state index in [4.69, 9.17) is 11.6 Å². The SMILES string of the molecule is CC(C)N(CCCBr)C(=O)c1ccc(Cl)cc1O. The topological polar surface area (TPSA) is 40.5 Å². The molecule has 18 heavy (non-hydrogen) atoms. The quantitative estimate of drug-likeness (QED) is 0.834. The van der Waals surface area contributed by atoms with Crippen molar-refractivity contribution in [2.24, 2.45) is 0 Å². The van der Waals surface area contributed by atoms with Gasteiger partial charge in [-0.25, -0.2) is 0 Å². The van der Waals surface area contributed by atoms with E-state index in [9.17, 15) is 9.90 Å². The summed E-state index contributed by atoms with van der Waals surface area (Å²) in [5, 5.41) is 11.0. The van der Waals surface area contributed by atoms with Gasteiger partial charge in [0, 0.05) is 22.9 Å². The van der Waals surface area contributed by atoms with Crippen LogP contribution in [0, 0.1) is 0 Å². The van der Waals surface area contributed by atoms with Gasteiger partial charge in [-0.2, -0.15) is 0 Å². The van der Waals surface area contributed by atoms with Crippen LogP contribution in [0.3, 0.4) is 0 Å². The number of carbonyl (C=O) groups excluding carboxylic acids is 1. The van der Waals surface area contributed by atoms with Gasteiger partial charge in [-0.15, -0.1) is 0 Å². The highest BCUT2D eigenvalue weighted by Crippen LogP contribution is 2.24. The highest BCUT2D eigenvalue weighted by Gasteiger charge is 2.20. The first-order chi connectivity index (χ1) is 8.47. The van der Waals surface area contributed by atoms with Gasteiger partial charge in [0.2, 0.25) is 0 Å². The molecule has 0 fully saturated rings. The Morgan fingerprint density at radius 1 is 1.50 bits per heavy atom. The lowest BCUT2D eigenvalue weighted by molar-refractivity contribution is 0.0703. The Kier molecular flexibility index (Phi) is 5.96. The van der Waals surface area contributed by atoms with Crippen molar-refractivity contribution in [1.29, 1.82) is 0 Å². The monoisotopic (exact) mass is 333 g/mol. The van der Waals surface area contributed by atoms with Crippen LogP contribution < -0.4 is 0 Å². The minimum atomic E-state index is -0.167. The molecule has 1 N–H and O–H groups in total. The molecular formula is C13H17BrClNO2. The molecule has 1 rings (SSSR count). The molecule has 0 aromatic heterocycles. The number of rotatable bonds is 5. The number of nitrogens with zero attached hydrogens (tertiary/aromatic N) is 1. The lowest BCUT2D eigenvalue weighted by atomic mass is 10.1. The van der Waals surface area contributed by atoms with Crippen molar-refractivity contribution >= 4 is 33.4 Å². The zero-order chi connectivity index (χ0) is 13.7. The molecule has 0 saturated carbocycles. The summed E-state index contributed by atoms with van der Waals surface area (Å²) in [5.74, 6) is -0.239. The first-order valence-electron chi connectivity index (χ1n) is 5.82. The number of phenols is 1. The second-order valence-corrected chi connectivity index (χ2v) is 5.53. The molecule has 0 saturated heterocycles. The number of carbonyl (C=O) groups is 1. The molecule has 3 nitrogen and oxygen atoms in total. The Labute approximate surface area is 121 Å². The van der Waals surface area contributed by atoms with Gasteiger partial charge in [0.1, 0.15) is 5.75 Å². The van der Waals surface area contributed by atoms with Crippen LogP contribution in [0.1, 0.15) is 30.6 Å². The second-order valence-electron chi connectivity index (χ2n) is 4.30. The van der Waals surface area contributed by atoms with Crippen molar-refractivity contribution in [3.63, 3.8) is 0 Å². The molecule has 0 radical (unpaired) electrons. The predicted octanol–water partition coefficient (Wildman–Crippen LogP) is 3.68. The van der Waals surface area contributed by atoms with Gasteiger partial charge < -0.3 is 10.0 Å². The fourth-order valence-corrected chi connectivity index (χ4v) is 2.08. The standard InChI is InChI=1S/C13H17BrClNO2/c1-9(2)16(7-3-6-14)13(18)11-5-4-10(15)8-12(11)17/h4-5,8-9,17H,3,6-7H2,1-2H3. The summed E-state index contributed by atoms with van der Waals surface area (Å²) in [4.78, 5) is 14.1. The molecule has 0 aliphatic carbocycles. The van der Waals surface area contributed by atoms with Crippen molar-refractivity contribution < 1.29 is 9.90 Å². The zero-order valence-corrected chi connectivity index (χ0v) is 12.8. The fraction of sp³-hybridized carbons (Fsp3) is 0.462. The number of aromatic hydroxyl groups is 1. The third kappa shape index (κ3) is 3.89. The third-order valence-corrected chi connectivity index (χ3v) is 3.40. The highest BCUT2D eigenvalue weighted by molar-refractivity contribution is 9.09. The molecule has 1 aromatic carbocycles. The van der Waals surface area contributed by atoms with E-state index in [-0.39, 0.29) is 17.7 Å². The molecule has 5 heteroatoms. The minimum absolute atomic E-state index is 0.0722. The fourth-order valence-electron chi connectivity index (χ4n) is 1.66. The maximum Gasteiger partial charge on any atom is 0.257 e. The lowest BCUT2D eigenvalue weighted by Crippen LogP contribution is -2.37. The first kappa shape index (κ1) is 15.3. The van der Waals surface area contributed by atoms with Crippen LogP contribution in [0.4, 0.5) is 0 Å². The molecule has 1 aromatic rings. The maximum absolute atomic E-state index is 12.3. The molecule has 1 amide bonds. The van der Waals surface area contributed by atoms with E-state index in [1.165, 1.54) is 6.07 Å². The second kappa shape index (κ2) is 7.00. The van der Waals surface area contributed by atoms with Gasteiger partial charge in [-0.1, -0.05) is 27.5 Å². The number of hydrogen-bond acceptors (Lipinski definition) is 2. The highest BCUT2D eigenvalue weighted by atomic mass is 79.9. The number of amides is 1. The van der Waals surface area contributed by atoms with Crippen LogP contribution in [0.2, 0.25) is 5.02 Å². The number of phenolic OH excluding ortho intramolecular Hbond substituents is 1. The molecule has 0 atom stereocenters. The van der Waals surface area contributed by atoms with Crippen molar-refractivity contribution in [3.8, 4) is 5.75 Å². The number of hydrogen-bond donors (Lipinski definition) is 1. The van der Waals surface area contributed by atoms with Gasteiger partial charge >= 0.3 is 0 Å². The van der Waals surface area contributed by atoms with E-state index in [1.807, 2.05) is 13.8 Å². The first-order valence-corrected chi connectivity index (χ1v) is 7.32. The summed E-state index contributed by atoms with van der Waals surface area (Å²) in [6.45, 7) is 4.57. The molecule has 0 bridgehead atoms. The van der Waals surface area contributed by atoms with Crippen LogP contribution in [0.5, 0.6) is 5.75 Å². The molecule has 100 valence electrons. The van der Waals surface area contributed by atoms with Crippen LogP contribution >= 0.6 is 27.5 Å². The number of alkyl halides is 1. The Balaban J connectivity index is 2.94. The van der Waals surface area contributed by atoms with E-state index in [0.29, 0.717) is 17.1 Å². The summed E-state index contributed by atoms with van der Waals surface area (Å²) in [6, 6.07) is 4.64. The number of benzene rings is 1. The van der Waals surface area contributed by atoms with Gasteiger partial charge in [0.05, 0.1) is 5.56 Å². The molecular weight excluding hydrogens is 318 g/mol. The van der Waals surface area contributed by atoms with Gasteiger partial charge in [-0.3, -0.25) is 4.79 Å². The van der Waals surface area contributed by atoms with Crippen molar-refractivity contribution in [2.45, 2.75) is 26.3 Å². The maximum atomic E-state index is 12.3. The Morgan fingerprint density at radius 2 is 2.17 bits per heavy atom. The van der Waals surface area contributed by atoms with Crippen LogP contribution in [0.25, 0.3) is 0 Å². The molecule has 0 aliphatic heterocycles. The third-order valence-electron chi connectivity index (χ3n) is 2.61. The van der Waals surface area contributed by atoms with E-state index < -0.39 is 0 Å². The summed E-state index contributed by atoms with van der Waals surface area (Å²) >= 11 is 9.11. The summed E-state index contributed by atoms with van der Waals surface area (Å²) in [6.07, 6.45) is 0.873. The minimum Gasteiger partial charge on any atom is -0.507 e. The Morgan fingerprint density at radius 3 is 2.67 bits per heavy atom. The van der Waals surface area contributed by atoms with Crippen molar-refractivity contribution in [1.82, 2.24) is 4.90 Å². The van der Waals surface area contributed by atoms with E-state index in [1.54, 1.807) is 17.0 Å². The molecule has 0 unspecified atom stereocenters. The van der Waals surface area contributed by atoms with Gasteiger partial charge in [-0.05, 0) is 38.5 Å². The smallest absolute Gasteiger partial charge is 0.257 e. The van der Waals surface area contributed by atoms with E-state index in [2.05, 4.69) is 15.9 Å². The lowest BCUT2D eigenvalue weighted by Gasteiger charge is -2.27. The van der Waals surface area contributed by atoms with E-state index >= 15 is 0 Å². The van der Waals surface area contributed by atoms with E-state index in [0.717, 1.165) is 11.8 Å². The normalized spacial score (nSPS) is 10.7. The summed E-state index contributed by atoms with van der Waals surface area (Å²) in [7, 11) is 0. The number of halogens is 2. The average molecular weight is 335 g/mol. The van der Waals surface area contributed by atoms with Crippen LogP contribution in [-0.2, 0) is 0 Å². The average Bonchev–Trinajstić information content (AvgIpc) is 2.28. The van der Waals surface area contributed by atoms with Crippen molar-refractivity contribution in [2.75, 3.05) is 11.9 Å². The summed E-state index contributed by atoms with van der Waals surface area (Å²) < 4.78 is 0. The molecule has 0 heterocycles. The predicted molar refractivity (Wildman–Crippen MR) is 77.7 cm³/mol. The summed E-state index contributed by atoms with van der Waals surface area (Å²) in [5.41, 5.74) is 0.294. The largest absolute Gasteiger partial charge is 0.507 e. The Hall–Kier alpha value is -0.740. The Bertz CT molecular complexity index is 423. The van der Waals surface area contributed by atoms with Crippen molar-refractivity contribution in [3.05, 3.63) is 28.8 Å². The van der Waals surface area contributed by atoms with Gasteiger partial charge in [0.25, 0.3) is 5.91 Å². The zero-order valence-electron chi connectivity index (χ0n) is 10.5.